The topological polar surface area (TPSA) is 163 Å². The van der Waals surface area contributed by atoms with Crippen LogP contribution in [0.15, 0.2) is 0 Å². The molecule has 0 rings (SSSR count). The fourth-order valence-electron chi connectivity index (χ4n) is 0.669. The number of nitrogens with one attached hydrogen (secondary N) is 2. The predicted molar refractivity (Wildman–Crippen MR) is 58.1 cm³/mol. The van der Waals surface area contributed by atoms with E-state index in [0.29, 0.717) is 19.4 Å². The van der Waals surface area contributed by atoms with Gasteiger partial charge in [0.2, 0.25) is 0 Å². The van der Waals surface area contributed by atoms with Gasteiger partial charge in [0.15, 0.2) is 5.96 Å². The number of carbonyl (C=O) groups is 2. The van der Waals surface area contributed by atoms with Crippen molar-refractivity contribution >= 4 is 17.9 Å². The molecule has 1 atom stereocenters. The van der Waals surface area contributed by atoms with E-state index in [1.54, 1.807) is 0 Å². The van der Waals surface area contributed by atoms with Gasteiger partial charge in [-0.2, -0.15) is 0 Å². The molecule has 0 aromatic rings. The van der Waals surface area contributed by atoms with Gasteiger partial charge in [0.25, 0.3) is 5.97 Å². The number of rotatable bonds is 5. The van der Waals surface area contributed by atoms with Crippen LogP contribution in [-0.2, 0) is 27.0 Å². The van der Waals surface area contributed by atoms with Crippen LogP contribution in [0.3, 0.4) is 0 Å². The number of guanidine groups is 1. The smallest absolute Gasteiger partial charge is 0.320 e. The Morgan fingerprint density at radius 1 is 1.41 bits per heavy atom. The summed E-state index contributed by atoms with van der Waals surface area (Å²) in [5.41, 5.74) is 10.2. The molecule has 0 saturated carbocycles. The maximum absolute atomic E-state index is 10.2. The predicted octanol–water partition coefficient (Wildman–Crippen LogP) is -1.25. The van der Waals surface area contributed by atoms with E-state index in [4.69, 9.17) is 31.9 Å². The molecule has 1 unspecified atom stereocenters. The summed E-state index contributed by atoms with van der Waals surface area (Å²) in [5.74, 6) is -1.95. The maximum atomic E-state index is 10.2. The van der Waals surface area contributed by atoms with Crippen LogP contribution in [0.4, 0.5) is 0 Å². The Kier molecular flexibility index (Phi) is 15.8. The van der Waals surface area contributed by atoms with Crippen LogP contribution in [0.5, 0.6) is 0 Å². The van der Waals surface area contributed by atoms with Crippen LogP contribution in [0, 0.1) is 5.41 Å². The van der Waals surface area contributed by atoms with Crippen molar-refractivity contribution in [2.24, 2.45) is 11.5 Å². The first-order chi connectivity index (χ1) is 7.27. The Morgan fingerprint density at radius 2 is 1.82 bits per heavy atom. The molecule has 0 heterocycles. The van der Waals surface area contributed by atoms with Crippen molar-refractivity contribution < 1.29 is 37.2 Å². The Labute approximate surface area is 110 Å². The Hall–Kier alpha value is -1.30. The molecule has 0 aliphatic rings. The summed E-state index contributed by atoms with van der Waals surface area (Å²) in [6.45, 7) is 1.57. The molecular weight excluding hydrogens is 268 g/mol. The second-order valence-electron chi connectivity index (χ2n) is 2.95. The molecular formula is C8H18CrN4O4. The minimum atomic E-state index is -1.00. The van der Waals surface area contributed by atoms with Crippen molar-refractivity contribution in [3.05, 3.63) is 0 Å². The summed E-state index contributed by atoms with van der Waals surface area (Å²) in [5, 5.41) is 25.1. The quantitative estimate of drug-likeness (QED) is 0.209. The van der Waals surface area contributed by atoms with E-state index in [-0.39, 0.29) is 23.3 Å². The fraction of sp³-hybridized carbons (Fsp3) is 0.625. The number of nitrogens with two attached hydrogens (primary N) is 2. The summed E-state index contributed by atoms with van der Waals surface area (Å²) in [4.78, 5) is 19.2. The first kappa shape index (κ1) is 21.0. The van der Waals surface area contributed by atoms with E-state index in [1.807, 2.05) is 0 Å². The zero-order chi connectivity index (χ0) is 13.1. The standard InChI is InChI=1S/C6H14N4O2.C2H4O2.Cr/c7-4(5(11)12)2-1-3-10-6(8)9;1-2(3)4;/h4H,1-3,7H2,(H,11,12)(H4,8,9,10);1H3,(H,3,4);. The van der Waals surface area contributed by atoms with Gasteiger partial charge in [0.05, 0.1) is 0 Å². The Balaban J connectivity index is -0.000000340. The van der Waals surface area contributed by atoms with Gasteiger partial charge in [-0.05, 0) is 12.8 Å². The minimum absolute atomic E-state index is 0. The summed E-state index contributed by atoms with van der Waals surface area (Å²) in [7, 11) is 0. The summed E-state index contributed by atoms with van der Waals surface area (Å²) >= 11 is 0. The van der Waals surface area contributed by atoms with Crippen molar-refractivity contribution in [3.8, 4) is 0 Å². The molecule has 0 amide bonds. The van der Waals surface area contributed by atoms with Crippen LogP contribution in [0.25, 0.3) is 0 Å². The third-order valence-corrected chi connectivity index (χ3v) is 1.32. The van der Waals surface area contributed by atoms with Crippen LogP contribution >= 0.6 is 0 Å². The minimum Gasteiger partial charge on any atom is -0.481 e. The van der Waals surface area contributed by atoms with E-state index >= 15 is 0 Å². The largest absolute Gasteiger partial charge is 0.481 e. The molecule has 0 aromatic heterocycles. The molecule has 9 heteroatoms. The monoisotopic (exact) mass is 286 g/mol. The van der Waals surface area contributed by atoms with Gasteiger partial charge < -0.3 is 27.0 Å². The molecule has 0 radical (unpaired) electrons. The van der Waals surface area contributed by atoms with Crippen molar-refractivity contribution in [2.45, 2.75) is 25.8 Å². The number of carboxylic acid groups (broad SMARTS) is 2. The van der Waals surface area contributed by atoms with Crippen LogP contribution in [0.2, 0.25) is 0 Å². The van der Waals surface area contributed by atoms with Crippen molar-refractivity contribution in [3.63, 3.8) is 0 Å². The summed E-state index contributed by atoms with van der Waals surface area (Å²) in [6.07, 6.45) is 0.975. The average molecular weight is 286 g/mol. The van der Waals surface area contributed by atoms with Gasteiger partial charge in [-0.1, -0.05) is 0 Å². The van der Waals surface area contributed by atoms with Crippen molar-refractivity contribution in [1.29, 1.82) is 5.41 Å². The van der Waals surface area contributed by atoms with Gasteiger partial charge in [0, 0.05) is 30.8 Å². The number of hydrogen-bond acceptors (Lipinski definition) is 4. The second kappa shape index (κ2) is 12.8. The molecule has 0 fully saturated rings. The molecule has 0 bridgehead atoms. The summed E-state index contributed by atoms with van der Waals surface area (Å²) < 4.78 is 0. The van der Waals surface area contributed by atoms with Crippen molar-refractivity contribution in [2.75, 3.05) is 6.54 Å². The zero-order valence-corrected chi connectivity index (χ0v) is 10.7. The van der Waals surface area contributed by atoms with Gasteiger partial charge >= 0.3 is 5.97 Å². The van der Waals surface area contributed by atoms with Gasteiger partial charge in [0.1, 0.15) is 6.04 Å². The first-order valence-corrected chi connectivity index (χ1v) is 4.53. The van der Waals surface area contributed by atoms with E-state index in [9.17, 15) is 4.79 Å². The molecule has 8 nitrogen and oxygen atoms in total. The van der Waals surface area contributed by atoms with Crippen molar-refractivity contribution in [1.82, 2.24) is 5.32 Å². The second-order valence-corrected chi connectivity index (χ2v) is 2.95. The molecule has 17 heavy (non-hydrogen) atoms. The third kappa shape index (κ3) is 25.2. The summed E-state index contributed by atoms with van der Waals surface area (Å²) in [6, 6.07) is -0.821. The number of carboxylic acids is 2. The Morgan fingerprint density at radius 3 is 2.12 bits per heavy atom. The van der Waals surface area contributed by atoms with E-state index in [2.05, 4.69) is 5.32 Å². The Bertz CT molecular complexity index is 246. The van der Waals surface area contributed by atoms with E-state index in [1.165, 1.54) is 0 Å². The number of aliphatic carboxylic acids is 2. The van der Waals surface area contributed by atoms with Gasteiger partial charge in [-0.25, -0.2) is 0 Å². The molecule has 100 valence electrons. The first-order valence-electron chi connectivity index (χ1n) is 4.53. The fourth-order valence-corrected chi connectivity index (χ4v) is 0.669. The molecule has 0 aliphatic carbocycles. The molecule has 0 aromatic carbocycles. The SMILES string of the molecule is CC(=O)O.N=C(N)NCCCC(N)C(=O)O.[Cr]. The van der Waals surface area contributed by atoms with E-state index in [0.717, 1.165) is 6.92 Å². The average Bonchev–Trinajstić information content (AvgIpc) is 2.10. The van der Waals surface area contributed by atoms with E-state index < -0.39 is 18.0 Å². The number of hydrogen-bond donors (Lipinski definition) is 6. The maximum Gasteiger partial charge on any atom is 0.320 e. The van der Waals surface area contributed by atoms with Gasteiger partial charge in [-0.15, -0.1) is 0 Å². The normalized spacial score (nSPS) is 10.0. The molecule has 0 aliphatic heterocycles. The molecule has 0 saturated heterocycles. The third-order valence-electron chi connectivity index (χ3n) is 1.32. The van der Waals surface area contributed by atoms with Crippen LogP contribution in [-0.4, -0.2) is 40.7 Å². The van der Waals surface area contributed by atoms with Crippen LogP contribution in [0.1, 0.15) is 19.8 Å². The van der Waals surface area contributed by atoms with Gasteiger partial charge in [-0.3, -0.25) is 15.0 Å². The zero-order valence-electron chi connectivity index (χ0n) is 9.47. The van der Waals surface area contributed by atoms with Crippen LogP contribution < -0.4 is 16.8 Å². The molecule has 0 spiro atoms. The molecule has 8 N–H and O–H groups in total.